The lowest BCUT2D eigenvalue weighted by atomic mass is 10.0. The van der Waals surface area contributed by atoms with Crippen LogP contribution in [0.5, 0.6) is 0 Å². The molecule has 0 radical (unpaired) electrons. The van der Waals surface area contributed by atoms with Crippen LogP contribution < -0.4 is 10.6 Å². The fourth-order valence-electron chi connectivity index (χ4n) is 4.55. The quantitative estimate of drug-likeness (QED) is 0.369. The van der Waals surface area contributed by atoms with Gasteiger partial charge in [-0.2, -0.15) is 4.31 Å². The molecule has 1 aliphatic heterocycles. The molecule has 2 N–H and O–H groups in total. The number of hydrogen-bond acceptors (Lipinski definition) is 4. The highest BCUT2D eigenvalue weighted by atomic mass is 35.5. The number of carbonyl (C=O) groups excluding carboxylic acids is 2. The number of nitrogens with zero attached hydrogens (tertiary/aromatic N) is 1. The Hall–Kier alpha value is -3.20. The highest BCUT2D eigenvalue weighted by Gasteiger charge is 2.36. The van der Waals surface area contributed by atoms with E-state index >= 15 is 0 Å². The van der Waals surface area contributed by atoms with E-state index in [1.807, 2.05) is 12.1 Å². The molecule has 1 aliphatic rings. The van der Waals surface area contributed by atoms with Gasteiger partial charge in [0, 0.05) is 30.2 Å². The van der Waals surface area contributed by atoms with Gasteiger partial charge in [0.15, 0.2) is 0 Å². The maximum absolute atomic E-state index is 13.7. The first kappa shape index (κ1) is 28.8. The lowest BCUT2D eigenvalue weighted by Crippen LogP contribution is -2.48. The van der Waals surface area contributed by atoms with Crippen molar-refractivity contribution in [3.8, 4) is 0 Å². The Morgan fingerprint density at radius 2 is 1.62 bits per heavy atom. The van der Waals surface area contributed by atoms with Crippen molar-refractivity contribution in [3.05, 3.63) is 100 Å². The number of halogens is 1. The van der Waals surface area contributed by atoms with Crippen LogP contribution in [0.15, 0.2) is 77.7 Å². The van der Waals surface area contributed by atoms with Crippen molar-refractivity contribution in [2.45, 2.75) is 63.1 Å². The third kappa shape index (κ3) is 7.26. The van der Waals surface area contributed by atoms with Crippen molar-refractivity contribution in [1.82, 2.24) is 14.9 Å². The van der Waals surface area contributed by atoms with Gasteiger partial charge in [0.2, 0.25) is 15.9 Å². The Balaban J connectivity index is 1.50. The minimum atomic E-state index is -4.00. The van der Waals surface area contributed by atoms with Crippen molar-refractivity contribution >= 4 is 33.4 Å². The van der Waals surface area contributed by atoms with Gasteiger partial charge < -0.3 is 10.6 Å². The molecule has 3 aromatic rings. The number of sulfonamides is 1. The number of amides is 2. The van der Waals surface area contributed by atoms with Crippen molar-refractivity contribution in [2.75, 3.05) is 6.54 Å². The summed E-state index contributed by atoms with van der Waals surface area (Å²) < 4.78 is 28.7. The third-order valence-electron chi connectivity index (χ3n) is 6.93. The van der Waals surface area contributed by atoms with Crippen LogP contribution in [-0.2, 0) is 27.9 Å². The molecule has 0 unspecified atom stereocenters. The molecule has 3 aromatic carbocycles. The smallest absolute Gasteiger partial charge is 0.251 e. The second kappa shape index (κ2) is 12.8. The van der Waals surface area contributed by atoms with Crippen LogP contribution in [-0.4, -0.2) is 37.1 Å². The summed E-state index contributed by atoms with van der Waals surface area (Å²) >= 11 is 5.97. The topological polar surface area (TPSA) is 95.6 Å². The molecule has 1 heterocycles. The van der Waals surface area contributed by atoms with Gasteiger partial charge in [-0.15, -0.1) is 0 Å². The summed E-state index contributed by atoms with van der Waals surface area (Å²) in [6.45, 7) is 5.20. The zero-order valence-corrected chi connectivity index (χ0v) is 23.8. The molecule has 9 heteroatoms. The minimum Gasteiger partial charge on any atom is -0.355 e. The van der Waals surface area contributed by atoms with Crippen LogP contribution in [0.1, 0.15) is 66.1 Å². The Labute approximate surface area is 235 Å². The molecule has 0 aromatic heterocycles. The van der Waals surface area contributed by atoms with E-state index in [0.717, 1.165) is 18.4 Å². The van der Waals surface area contributed by atoms with Gasteiger partial charge in [-0.25, -0.2) is 8.42 Å². The van der Waals surface area contributed by atoms with Crippen LogP contribution >= 0.6 is 11.6 Å². The van der Waals surface area contributed by atoms with Gasteiger partial charge in [-0.3, -0.25) is 9.59 Å². The Bertz CT molecular complexity index is 1390. The van der Waals surface area contributed by atoms with E-state index in [4.69, 9.17) is 11.6 Å². The second-order valence-electron chi connectivity index (χ2n) is 10.1. The fraction of sp³-hybridized carbons (Fsp3) is 0.333. The van der Waals surface area contributed by atoms with E-state index < -0.39 is 16.1 Å². The van der Waals surface area contributed by atoms with Gasteiger partial charge >= 0.3 is 0 Å². The van der Waals surface area contributed by atoms with Gasteiger partial charge in [0.05, 0.1) is 4.90 Å². The molecular weight excluding hydrogens is 534 g/mol. The maximum atomic E-state index is 13.7. The van der Waals surface area contributed by atoms with Crippen LogP contribution in [0.3, 0.4) is 0 Å². The van der Waals surface area contributed by atoms with Crippen LogP contribution in [0.2, 0.25) is 5.02 Å². The largest absolute Gasteiger partial charge is 0.355 e. The first-order valence-corrected chi connectivity index (χ1v) is 15.0. The van der Waals surface area contributed by atoms with E-state index in [9.17, 15) is 18.0 Å². The number of nitrogens with one attached hydrogen (secondary N) is 2. The summed E-state index contributed by atoms with van der Waals surface area (Å²) in [5.74, 6) is -0.0769. The molecule has 39 heavy (non-hydrogen) atoms. The summed E-state index contributed by atoms with van der Waals surface area (Å²) in [7, 11) is -4.00. The van der Waals surface area contributed by atoms with Crippen molar-refractivity contribution in [3.63, 3.8) is 0 Å². The maximum Gasteiger partial charge on any atom is 0.251 e. The molecule has 0 bridgehead atoms. The minimum absolute atomic E-state index is 0.00680. The zero-order valence-electron chi connectivity index (χ0n) is 22.2. The molecule has 2 amide bonds. The normalized spacial score (nSPS) is 16.1. The number of hydrogen-bond donors (Lipinski definition) is 2. The molecule has 206 valence electrons. The van der Waals surface area contributed by atoms with Gasteiger partial charge in [-0.05, 0) is 78.3 Å². The van der Waals surface area contributed by atoms with Crippen LogP contribution in [0, 0.1) is 0 Å². The summed E-state index contributed by atoms with van der Waals surface area (Å²) in [5, 5.41) is 6.19. The Morgan fingerprint density at radius 1 is 0.974 bits per heavy atom. The monoisotopic (exact) mass is 567 g/mol. The van der Waals surface area contributed by atoms with Crippen LogP contribution in [0.25, 0.3) is 0 Å². The third-order valence-corrected chi connectivity index (χ3v) is 9.05. The molecule has 7 nitrogen and oxygen atoms in total. The average molecular weight is 568 g/mol. The van der Waals surface area contributed by atoms with Crippen molar-refractivity contribution < 1.29 is 18.0 Å². The van der Waals surface area contributed by atoms with E-state index in [2.05, 4.69) is 36.6 Å². The predicted molar refractivity (Wildman–Crippen MR) is 153 cm³/mol. The second-order valence-corrected chi connectivity index (χ2v) is 12.4. The van der Waals surface area contributed by atoms with Crippen molar-refractivity contribution in [1.29, 1.82) is 0 Å². The van der Waals surface area contributed by atoms with E-state index in [1.165, 1.54) is 34.1 Å². The van der Waals surface area contributed by atoms with Crippen molar-refractivity contribution in [2.24, 2.45) is 0 Å². The van der Waals surface area contributed by atoms with E-state index in [0.29, 0.717) is 41.6 Å². The molecular formula is C30H34ClN3O4S. The highest BCUT2D eigenvalue weighted by Crippen LogP contribution is 2.26. The first-order chi connectivity index (χ1) is 18.6. The molecule has 0 saturated carbocycles. The van der Waals surface area contributed by atoms with E-state index in [-0.39, 0.29) is 23.3 Å². The highest BCUT2D eigenvalue weighted by molar-refractivity contribution is 7.89. The van der Waals surface area contributed by atoms with Gasteiger partial charge in [0.25, 0.3) is 5.91 Å². The molecule has 0 spiro atoms. The summed E-state index contributed by atoms with van der Waals surface area (Å²) in [6.07, 6.45) is 1.95. The molecule has 1 fully saturated rings. The SMILES string of the molecule is CC(C)c1ccc(CNC(=O)c2ccc(CN([C@@H]3CCCCNC3=O)S(=O)(=O)c3ccc(Cl)cc3)cc2)cc1. The molecule has 4 rings (SSSR count). The van der Waals surface area contributed by atoms with Gasteiger partial charge in [0.1, 0.15) is 6.04 Å². The Kier molecular flexibility index (Phi) is 9.43. The number of benzene rings is 3. The predicted octanol–water partition coefficient (Wildman–Crippen LogP) is 5.25. The molecule has 1 atom stereocenters. The standard InChI is InChI=1S/C30H34ClN3O4S/c1-21(2)24-10-6-22(7-11-24)19-33-29(35)25-12-8-23(9-13-25)20-34(28-5-3-4-18-32-30(28)36)39(37,38)27-16-14-26(31)15-17-27/h6-17,21,28H,3-5,18-20H2,1-2H3,(H,32,36)(H,33,35)/t28-/m1/s1. The van der Waals surface area contributed by atoms with Gasteiger partial charge in [-0.1, -0.05) is 61.8 Å². The molecule has 0 aliphatic carbocycles. The first-order valence-electron chi connectivity index (χ1n) is 13.2. The summed E-state index contributed by atoms with van der Waals surface area (Å²) in [6, 6.07) is 20.1. The summed E-state index contributed by atoms with van der Waals surface area (Å²) in [5.41, 5.74) is 3.39. The number of rotatable bonds is 9. The Morgan fingerprint density at radius 3 is 2.26 bits per heavy atom. The van der Waals surface area contributed by atoms with Crippen LogP contribution in [0.4, 0.5) is 0 Å². The lowest BCUT2D eigenvalue weighted by molar-refractivity contribution is -0.124. The fourth-order valence-corrected chi connectivity index (χ4v) is 6.28. The average Bonchev–Trinajstić information content (AvgIpc) is 3.15. The lowest BCUT2D eigenvalue weighted by Gasteiger charge is -2.29. The van der Waals surface area contributed by atoms with E-state index in [1.54, 1.807) is 24.3 Å². The number of carbonyl (C=O) groups is 2. The summed E-state index contributed by atoms with van der Waals surface area (Å²) in [4.78, 5) is 25.7. The zero-order chi connectivity index (χ0) is 28.0. The molecule has 1 saturated heterocycles.